The van der Waals surface area contributed by atoms with Crippen molar-refractivity contribution in [3.8, 4) is 11.3 Å². The number of benzene rings is 2. The number of nitrogens with zero attached hydrogens (tertiary/aromatic N) is 2. The van der Waals surface area contributed by atoms with Gasteiger partial charge in [0.15, 0.2) is 4.88 Å². The molecule has 5 heteroatoms. The van der Waals surface area contributed by atoms with Crippen LogP contribution >= 0.6 is 11.5 Å². The summed E-state index contributed by atoms with van der Waals surface area (Å²) in [6.45, 7) is 1.91. The van der Waals surface area contributed by atoms with Gasteiger partial charge in [0.05, 0.1) is 6.10 Å². The molecule has 0 aliphatic heterocycles. The van der Waals surface area contributed by atoms with E-state index < -0.39 is 0 Å². The first kappa shape index (κ1) is 16.3. The molecule has 0 unspecified atom stereocenters. The van der Waals surface area contributed by atoms with Crippen molar-refractivity contribution in [1.29, 1.82) is 0 Å². The Hall–Kier alpha value is -2.53. The van der Waals surface area contributed by atoms with Crippen LogP contribution in [0.1, 0.15) is 28.6 Å². The molecule has 122 valence electrons. The van der Waals surface area contributed by atoms with Crippen molar-refractivity contribution in [3.63, 3.8) is 0 Å². The molecule has 3 aromatic rings. The van der Waals surface area contributed by atoms with Gasteiger partial charge >= 0.3 is 5.97 Å². The van der Waals surface area contributed by atoms with Gasteiger partial charge in [-0.1, -0.05) is 65.2 Å². The van der Waals surface area contributed by atoms with Gasteiger partial charge in [-0.2, -0.15) is 0 Å². The topological polar surface area (TPSA) is 52.1 Å². The second-order valence-corrected chi connectivity index (χ2v) is 6.31. The van der Waals surface area contributed by atoms with E-state index in [1.807, 2.05) is 55.5 Å². The Morgan fingerprint density at radius 1 is 1.08 bits per heavy atom. The van der Waals surface area contributed by atoms with E-state index in [0.29, 0.717) is 10.6 Å². The maximum absolute atomic E-state index is 12.4. The third-order valence-electron chi connectivity index (χ3n) is 3.71. The van der Waals surface area contributed by atoms with Crippen LogP contribution in [0.5, 0.6) is 0 Å². The van der Waals surface area contributed by atoms with Crippen LogP contribution in [0.4, 0.5) is 0 Å². The van der Waals surface area contributed by atoms with Crippen LogP contribution in [0.3, 0.4) is 0 Å². The monoisotopic (exact) mass is 338 g/mol. The summed E-state index contributed by atoms with van der Waals surface area (Å²) in [7, 11) is 0. The number of esters is 1. The zero-order valence-electron chi connectivity index (χ0n) is 13.4. The van der Waals surface area contributed by atoms with E-state index in [1.54, 1.807) is 0 Å². The predicted octanol–water partition coefficient (Wildman–Crippen LogP) is 4.38. The summed E-state index contributed by atoms with van der Waals surface area (Å²) in [5.74, 6) is -0.357. The van der Waals surface area contributed by atoms with E-state index in [-0.39, 0.29) is 12.1 Å². The Bertz CT molecular complexity index is 787. The maximum Gasteiger partial charge on any atom is 0.352 e. The minimum Gasteiger partial charge on any atom is -0.458 e. The van der Waals surface area contributed by atoms with Crippen LogP contribution in [-0.2, 0) is 11.2 Å². The molecule has 4 nitrogen and oxygen atoms in total. The van der Waals surface area contributed by atoms with Gasteiger partial charge in [0, 0.05) is 5.56 Å². The highest BCUT2D eigenvalue weighted by molar-refractivity contribution is 7.08. The second-order valence-electron chi connectivity index (χ2n) is 5.56. The van der Waals surface area contributed by atoms with Crippen LogP contribution in [0.15, 0.2) is 60.7 Å². The second kappa shape index (κ2) is 7.84. The highest BCUT2D eigenvalue weighted by atomic mass is 32.1. The zero-order chi connectivity index (χ0) is 16.8. The standard InChI is InChI=1S/C19H18N2O2S/c1-14(12-13-15-8-4-2-5-9-15)23-19(22)18-17(20-21-24-18)16-10-6-3-7-11-16/h2-11,14H,12-13H2,1H3/t14-/m1/s1. The average Bonchev–Trinajstić information content (AvgIpc) is 3.11. The summed E-state index contributed by atoms with van der Waals surface area (Å²) in [6, 6.07) is 19.7. The molecule has 24 heavy (non-hydrogen) atoms. The van der Waals surface area contributed by atoms with Gasteiger partial charge in [-0.15, -0.1) is 5.10 Å². The van der Waals surface area contributed by atoms with Crippen molar-refractivity contribution in [2.24, 2.45) is 0 Å². The molecule has 0 N–H and O–H groups in total. The Kier molecular flexibility index (Phi) is 5.33. The van der Waals surface area contributed by atoms with E-state index in [1.165, 1.54) is 5.56 Å². The van der Waals surface area contributed by atoms with E-state index >= 15 is 0 Å². The molecule has 0 aliphatic rings. The van der Waals surface area contributed by atoms with E-state index in [9.17, 15) is 4.79 Å². The maximum atomic E-state index is 12.4. The molecule has 0 bridgehead atoms. The van der Waals surface area contributed by atoms with Crippen molar-refractivity contribution >= 4 is 17.5 Å². The summed E-state index contributed by atoms with van der Waals surface area (Å²) >= 11 is 1.07. The molecule has 0 amide bonds. The van der Waals surface area contributed by atoms with Gasteiger partial charge in [0.25, 0.3) is 0 Å². The third kappa shape index (κ3) is 4.06. The van der Waals surface area contributed by atoms with Gasteiger partial charge in [-0.3, -0.25) is 0 Å². The molecule has 1 heterocycles. The lowest BCUT2D eigenvalue weighted by Gasteiger charge is -2.12. The Balaban J connectivity index is 1.62. The first-order chi connectivity index (χ1) is 11.7. The molecule has 1 atom stereocenters. The van der Waals surface area contributed by atoms with Gasteiger partial charge in [0.2, 0.25) is 0 Å². The van der Waals surface area contributed by atoms with Gasteiger partial charge in [0.1, 0.15) is 5.69 Å². The lowest BCUT2D eigenvalue weighted by atomic mass is 10.1. The summed E-state index contributed by atoms with van der Waals surface area (Å²) in [5.41, 5.74) is 2.70. The lowest BCUT2D eigenvalue weighted by molar-refractivity contribution is 0.0332. The number of hydrogen-bond acceptors (Lipinski definition) is 5. The molecule has 2 aromatic carbocycles. The molecule has 0 saturated heterocycles. The van der Waals surface area contributed by atoms with Crippen molar-refractivity contribution in [1.82, 2.24) is 9.59 Å². The molecule has 0 fully saturated rings. The van der Waals surface area contributed by atoms with Crippen molar-refractivity contribution in [3.05, 3.63) is 71.1 Å². The van der Waals surface area contributed by atoms with Crippen LogP contribution in [0.2, 0.25) is 0 Å². The van der Waals surface area contributed by atoms with Crippen LogP contribution < -0.4 is 0 Å². The molecule has 1 aromatic heterocycles. The molecule has 0 radical (unpaired) electrons. The largest absolute Gasteiger partial charge is 0.458 e. The number of hydrogen-bond donors (Lipinski definition) is 0. The molecule has 0 aliphatic carbocycles. The minimum atomic E-state index is -0.357. The third-order valence-corrected chi connectivity index (χ3v) is 4.42. The predicted molar refractivity (Wildman–Crippen MR) is 95.0 cm³/mol. The molecule has 0 spiro atoms. The van der Waals surface area contributed by atoms with Crippen LogP contribution in [0.25, 0.3) is 11.3 Å². The van der Waals surface area contributed by atoms with Crippen molar-refractivity contribution in [2.75, 3.05) is 0 Å². The highest BCUT2D eigenvalue weighted by Crippen LogP contribution is 2.25. The van der Waals surface area contributed by atoms with E-state index in [4.69, 9.17) is 4.74 Å². The smallest absolute Gasteiger partial charge is 0.352 e. The summed E-state index contributed by atoms with van der Waals surface area (Å²) in [4.78, 5) is 12.9. The normalized spacial score (nSPS) is 11.9. The van der Waals surface area contributed by atoms with Gasteiger partial charge in [-0.05, 0) is 36.9 Å². The van der Waals surface area contributed by atoms with Crippen molar-refractivity contribution < 1.29 is 9.53 Å². The average molecular weight is 338 g/mol. The summed E-state index contributed by atoms with van der Waals surface area (Å²) in [6.07, 6.45) is 1.49. The number of rotatable bonds is 6. The van der Waals surface area contributed by atoms with Gasteiger partial charge in [-0.25, -0.2) is 4.79 Å². The van der Waals surface area contributed by atoms with Crippen LogP contribution in [0, 0.1) is 0 Å². The Morgan fingerprint density at radius 2 is 1.75 bits per heavy atom. The Morgan fingerprint density at radius 3 is 2.46 bits per heavy atom. The molecule has 0 saturated carbocycles. The fourth-order valence-electron chi connectivity index (χ4n) is 2.42. The first-order valence-electron chi connectivity index (χ1n) is 7.86. The number of aryl methyl sites for hydroxylation is 1. The molecular formula is C19H18N2O2S. The zero-order valence-corrected chi connectivity index (χ0v) is 14.2. The van der Waals surface area contributed by atoms with E-state index in [2.05, 4.69) is 21.7 Å². The fourth-order valence-corrected chi connectivity index (χ4v) is 2.99. The number of ether oxygens (including phenoxy) is 1. The summed E-state index contributed by atoms with van der Waals surface area (Å²) < 4.78 is 9.48. The molecule has 3 rings (SSSR count). The van der Waals surface area contributed by atoms with E-state index in [0.717, 1.165) is 29.9 Å². The Labute approximate surface area is 145 Å². The molecular weight excluding hydrogens is 320 g/mol. The fraction of sp³-hybridized carbons (Fsp3) is 0.211. The SMILES string of the molecule is C[C@H](CCc1ccccc1)OC(=O)c1snnc1-c1ccccc1. The minimum absolute atomic E-state index is 0.163. The first-order valence-corrected chi connectivity index (χ1v) is 8.64. The lowest BCUT2D eigenvalue weighted by Crippen LogP contribution is -2.15. The number of carbonyl (C=O) groups excluding carboxylic acids is 1. The number of carbonyl (C=O) groups is 1. The number of aromatic nitrogens is 2. The summed E-state index contributed by atoms with van der Waals surface area (Å²) in [5, 5.41) is 4.08. The van der Waals surface area contributed by atoms with Crippen molar-refractivity contribution in [2.45, 2.75) is 25.9 Å². The highest BCUT2D eigenvalue weighted by Gasteiger charge is 2.21. The quantitative estimate of drug-likeness (QED) is 0.626. The van der Waals surface area contributed by atoms with Gasteiger partial charge < -0.3 is 4.74 Å². The van der Waals surface area contributed by atoms with Crippen LogP contribution in [-0.4, -0.2) is 21.7 Å².